The van der Waals surface area contributed by atoms with Crippen molar-refractivity contribution in [2.24, 2.45) is 12.5 Å². The van der Waals surface area contributed by atoms with Gasteiger partial charge in [-0.2, -0.15) is 5.10 Å². The van der Waals surface area contributed by atoms with Crippen molar-refractivity contribution in [1.29, 1.82) is 0 Å². The molecule has 1 N–H and O–H groups in total. The molecule has 1 aliphatic heterocycles. The molecule has 0 aliphatic carbocycles. The molecule has 1 fully saturated rings. The Morgan fingerprint density at radius 3 is 2.26 bits per heavy atom. The average molecular weight is 459 g/mol. The second-order valence-electron chi connectivity index (χ2n) is 10.3. The zero-order valence-electron chi connectivity index (χ0n) is 20.8. The molecule has 6 heteroatoms. The van der Waals surface area contributed by atoms with Gasteiger partial charge in [-0.05, 0) is 54.5 Å². The lowest BCUT2D eigenvalue weighted by Gasteiger charge is -2.32. The van der Waals surface area contributed by atoms with Crippen LogP contribution in [-0.4, -0.2) is 39.6 Å². The number of hydrogen-bond donors (Lipinski definition) is 1. The van der Waals surface area contributed by atoms with Gasteiger partial charge in [-0.25, -0.2) is 0 Å². The molecule has 1 saturated heterocycles. The summed E-state index contributed by atoms with van der Waals surface area (Å²) in [6.07, 6.45) is 5.78. The Morgan fingerprint density at radius 2 is 1.68 bits per heavy atom. The summed E-state index contributed by atoms with van der Waals surface area (Å²) in [6.45, 7) is 9.03. The van der Waals surface area contributed by atoms with Crippen LogP contribution >= 0.6 is 0 Å². The molecule has 4 rings (SSSR count). The maximum atomic E-state index is 13.2. The first kappa shape index (κ1) is 23.7. The van der Waals surface area contributed by atoms with Crippen LogP contribution in [0.1, 0.15) is 61.0 Å². The van der Waals surface area contributed by atoms with Gasteiger partial charge in [-0.1, -0.05) is 51.1 Å². The summed E-state index contributed by atoms with van der Waals surface area (Å²) in [4.78, 5) is 27.6. The predicted molar refractivity (Wildman–Crippen MR) is 136 cm³/mol. The molecule has 34 heavy (non-hydrogen) atoms. The minimum atomic E-state index is -0.496. The number of piperidine rings is 1. The van der Waals surface area contributed by atoms with E-state index in [0.717, 1.165) is 42.6 Å². The zero-order chi connectivity index (χ0) is 24.5. The predicted octanol–water partition coefficient (Wildman–Crippen LogP) is 5.40. The first-order valence-corrected chi connectivity index (χ1v) is 11.9. The van der Waals surface area contributed by atoms with Gasteiger partial charge in [0.2, 0.25) is 5.91 Å². The van der Waals surface area contributed by atoms with Gasteiger partial charge in [0.25, 0.3) is 5.91 Å². The molecule has 178 valence electrons. The summed E-state index contributed by atoms with van der Waals surface area (Å²) in [7, 11) is 1.92. The Kier molecular flexibility index (Phi) is 6.60. The van der Waals surface area contributed by atoms with E-state index in [2.05, 4.69) is 34.7 Å². The third-order valence-corrected chi connectivity index (χ3v) is 6.62. The van der Waals surface area contributed by atoms with E-state index in [4.69, 9.17) is 0 Å². The zero-order valence-corrected chi connectivity index (χ0v) is 20.8. The maximum absolute atomic E-state index is 13.2. The first-order valence-electron chi connectivity index (χ1n) is 11.9. The normalized spacial score (nSPS) is 14.8. The van der Waals surface area contributed by atoms with Crippen molar-refractivity contribution in [3.63, 3.8) is 0 Å². The molecule has 0 spiro atoms. The van der Waals surface area contributed by atoms with Gasteiger partial charge in [0.15, 0.2) is 0 Å². The van der Waals surface area contributed by atoms with E-state index in [1.807, 2.05) is 74.9 Å². The number of nitrogens with zero attached hydrogens (tertiary/aromatic N) is 3. The van der Waals surface area contributed by atoms with Gasteiger partial charge in [0.05, 0.1) is 6.20 Å². The molecule has 6 nitrogen and oxygen atoms in total. The summed E-state index contributed by atoms with van der Waals surface area (Å²) in [6, 6.07) is 14.3. The van der Waals surface area contributed by atoms with Crippen molar-refractivity contribution in [3.05, 3.63) is 71.5 Å². The second kappa shape index (κ2) is 9.45. The molecular weight excluding hydrogens is 424 g/mol. The van der Waals surface area contributed by atoms with Crippen LogP contribution in [0.2, 0.25) is 0 Å². The highest BCUT2D eigenvalue weighted by Gasteiger charge is 2.26. The van der Waals surface area contributed by atoms with Gasteiger partial charge >= 0.3 is 0 Å². The Balaban J connectivity index is 1.39. The molecule has 3 aromatic rings. The van der Waals surface area contributed by atoms with Crippen molar-refractivity contribution in [2.45, 2.75) is 46.5 Å². The van der Waals surface area contributed by atoms with E-state index in [0.29, 0.717) is 17.2 Å². The quantitative estimate of drug-likeness (QED) is 0.569. The van der Waals surface area contributed by atoms with Crippen LogP contribution in [0, 0.1) is 12.3 Å². The third-order valence-electron chi connectivity index (χ3n) is 6.62. The van der Waals surface area contributed by atoms with Gasteiger partial charge in [0, 0.05) is 48.6 Å². The monoisotopic (exact) mass is 458 g/mol. The van der Waals surface area contributed by atoms with Crippen LogP contribution in [0.15, 0.2) is 54.9 Å². The van der Waals surface area contributed by atoms with Crippen LogP contribution in [0.5, 0.6) is 0 Å². The molecule has 2 amide bonds. The number of carbonyl (C=O) groups excluding carboxylic acids is 2. The smallest absolute Gasteiger partial charge is 0.253 e. The molecule has 1 aromatic heterocycles. The first-order chi connectivity index (χ1) is 16.1. The van der Waals surface area contributed by atoms with Gasteiger partial charge in [-0.3, -0.25) is 14.3 Å². The number of carbonyl (C=O) groups is 2. The fourth-order valence-electron chi connectivity index (χ4n) is 4.32. The number of hydrogen-bond acceptors (Lipinski definition) is 3. The largest absolute Gasteiger partial charge is 0.339 e. The molecule has 2 aromatic carbocycles. The summed E-state index contributed by atoms with van der Waals surface area (Å²) in [5, 5.41) is 7.23. The average Bonchev–Trinajstić information content (AvgIpc) is 3.26. The number of aryl methyl sites for hydroxylation is 2. The van der Waals surface area contributed by atoms with Crippen LogP contribution in [-0.2, 0) is 11.8 Å². The van der Waals surface area contributed by atoms with E-state index in [1.165, 1.54) is 5.56 Å². The lowest BCUT2D eigenvalue weighted by atomic mass is 9.88. The highest BCUT2D eigenvalue weighted by atomic mass is 16.2. The van der Waals surface area contributed by atoms with Gasteiger partial charge in [0.1, 0.15) is 0 Å². The minimum absolute atomic E-state index is 0.0247. The van der Waals surface area contributed by atoms with Crippen LogP contribution < -0.4 is 5.32 Å². The molecule has 0 atom stereocenters. The summed E-state index contributed by atoms with van der Waals surface area (Å²) in [5.41, 5.74) is 5.38. The van der Waals surface area contributed by atoms with Crippen LogP contribution in [0.3, 0.4) is 0 Å². The Bertz CT molecular complexity index is 1180. The lowest BCUT2D eigenvalue weighted by Crippen LogP contribution is -2.38. The summed E-state index contributed by atoms with van der Waals surface area (Å²) < 4.78 is 1.81. The fourth-order valence-corrected chi connectivity index (χ4v) is 4.32. The molecular formula is C28H34N4O2. The highest BCUT2D eigenvalue weighted by Crippen LogP contribution is 2.31. The van der Waals surface area contributed by atoms with Crippen molar-refractivity contribution in [2.75, 3.05) is 18.4 Å². The number of anilines is 1. The maximum Gasteiger partial charge on any atom is 0.253 e. The molecule has 1 aliphatic rings. The summed E-state index contributed by atoms with van der Waals surface area (Å²) in [5.74, 6) is 0.416. The SMILES string of the molecule is Cc1ccc(C(=O)N2CCC(c3ccc(-c4cnn(C)c4)cc3)CC2)cc1NC(=O)C(C)(C)C. The number of rotatable bonds is 4. The number of benzene rings is 2. The Morgan fingerprint density at radius 1 is 1.00 bits per heavy atom. The molecule has 0 radical (unpaired) electrons. The van der Waals surface area contributed by atoms with E-state index < -0.39 is 5.41 Å². The third kappa shape index (κ3) is 5.22. The standard InChI is InChI=1S/C28H34N4O2/c1-19-6-7-23(16-25(19)30-27(34)28(2,3)4)26(33)32-14-12-22(13-15-32)20-8-10-21(11-9-20)24-17-29-31(5)18-24/h6-11,16-18,22H,12-15H2,1-5H3,(H,30,34). The topological polar surface area (TPSA) is 67.2 Å². The van der Waals surface area contributed by atoms with Gasteiger partial charge < -0.3 is 10.2 Å². The van der Waals surface area contributed by atoms with Gasteiger partial charge in [-0.15, -0.1) is 0 Å². The fraction of sp³-hybridized carbons (Fsp3) is 0.393. The van der Waals surface area contributed by atoms with E-state index >= 15 is 0 Å². The van der Waals surface area contributed by atoms with E-state index in [1.54, 1.807) is 0 Å². The highest BCUT2D eigenvalue weighted by molar-refractivity contribution is 5.99. The molecule has 0 saturated carbocycles. The van der Waals surface area contributed by atoms with Crippen molar-refractivity contribution >= 4 is 17.5 Å². The number of nitrogens with one attached hydrogen (secondary N) is 1. The summed E-state index contributed by atoms with van der Waals surface area (Å²) >= 11 is 0. The van der Waals surface area contributed by atoms with Crippen molar-refractivity contribution in [3.8, 4) is 11.1 Å². The Labute approximate surface area is 202 Å². The number of likely N-dealkylation sites (tertiary alicyclic amines) is 1. The Hall–Kier alpha value is -3.41. The number of aromatic nitrogens is 2. The molecule has 0 bridgehead atoms. The van der Waals surface area contributed by atoms with Crippen LogP contribution in [0.4, 0.5) is 5.69 Å². The van der Waals surface area contributed by atoms with Crippen molar-refractivity contribution in [1.82, 2.24) is 14.7 Å². The minimum Gasteiger partial charge on any atom is -0.339 e. The van der Waals surface area contributed by atoms with E-state index in [9.17, 15) is 9.59 Å². The molecule has 0 unspecified atom stereocenters. The van der Waals surface area contributed by atoms with Crippen LogP contribution in [0.25, 0.3) is 11.1 Å². The number of amides is 2. The van der Waals surface area contributed by atoms with Crippen molar-refractivity contribution < 1.29 is 9.59 Å². The lowest BCUT2D eigenvalue weighted by molar-refractivity contribution is -0.123. The molecule has 2 heterocycles. The second-order valence-corrected chi connectivity index (χ2v) is 10.3. The van der Waals surface area contributed by atoms with E-state index in [-0.39, 0.29) is 11.8 Å².